The molecule has 0 bridgehead atoms. The SMILES string of the molecule is COc1cncc(-n2c(Nc3ccccc3)nc3ccc(F)cc3c2=O)c1. The van der Waals surface area contributed by atoms with Gasteiger partial charge in [0.15, 0.2) is 0 Å². The van der Waals surface area contributed by atoms with Gasteiger partial charge in [-0.05, 0) is 30.3 Å². The average Bonchev–Trinajstić information content (AvgIpc) is 2.70. The van der Waals surface area contributed by atoms with Crippen LogP contribution >= 0.6 is 0 Å². The summed E-state index contributed by atoms with van der Waals surface area (Å²) in [5.41, 5.74) is 1.20. The molecule has 4 aromatic rings. The number of hydrogen-bond acceptors (Lipinski definition) is 5. The fourth-order valence-electron chi connectivity index (χ4n) is 2.77. The van der Waals surface area contributed by atoms with Gasteiger partial charge in [0.25, 0.3) is 5.56 Å². The number of methoxy groups -OCH3 is 1. The van der Waals surface area contributed by atoms with Crippen molar-refractivity contribution in [3.63, 3.8) is 0 Å². The highest BCUT2D eigenvalue weighted by atomic mass is 19.1. The molecule has 134 valence electrons. The molecule has 0 aliphatic rings. The number of fused-ring (bicyclic) bond motifs is 1. The van der Waals surface area contributed by atoms with Crippen LogP contribution in [-0.4, -0.2) is 21.6 Å². The van der Waals surface area contributed by atoms with E-state index in [4.69, 9.17) is 4.74 Å². The summed E-state index contributed by atoms with van der Waals surface area (Å²) in [7, 11) is 1.51. The molecule has 0 saturated heterocycles. The molecule has 2 aromatic carbocycles. The number of ether oxygens (including phenoxy) is 1. The van der Waals surface area contributed by atoms with Crippen molar-refractivity contribution in [1.29, 1.82) is 0 Å². The third kappa shape index (κ3) is 3.22. The lowest BCUT2D eigenvalue weighted by molar-refractivity contribution is 0.412. The minimum Gasteiger partial charge on any atom is -0.495 e. The first kappa shape index (κ1) is 16.7. The topological polar surface area (TPSA) is 69.0 Å². The van der Waals surface area contributed by atoms with Gasteiger partial charge in [-0.1, -0.05) is 18.2 Å². The zero-order valence-electron chi connectivity index (χ0n) is 14.4. The summed E-state index contributed by atoms with van der Waals surface area (Å²) in [6, 6.07) is 14.9. The summed E-state index contributed by atoms with van der Waals surface area (Å²) < 4.78 is 20.2. The Morgan fingerprint density at radius 3 is 2.67 bits per heavy atom. The average molecular weight is 362 g/mol. The molecule has 7 heteroatoms. The van der Waals surface area contributed by atoms with Crippen molar-refractivity contribution >= 4 is 22.5 Å². The highest BCUT2D eigenvalue weighted by Crippen LogP contribution is 2.22. The number of hydrogen-bond donors (Lipinski definition) is 1. The number of pyridine rings is 1. The lowest BCUT2D eigenvalue weighted by Crippen LogP contribution is -2.23. The Balaban J connectivity index is 1.99. The number of anilines is 2. The van der Waals surface area contributed by atoms with Crippen molar-refractivity contribution in [2.75, 3.05) is 12.4 Å². The molecule has 0 spiro atoms. The predicted octanol–water partition coefficient (Wildman–Crippen LogP) is 3.67. The summed E-state index contributed by atoms with van der Waals surface area (Å²) in [6.07, 6.45) is 3.06. The van der Waals surface area contributed by atoms with E-state index in [0.717, 1.165) is 5.69 Å². The molecule has 27 heavy (non-hydrogen) atoms. The van der Waals surface area contributed by atoms with Crippen LogP contribution in [-0.2, 0) is 0 Å². The summed E-state index contributed by atoms with van der Waals surface area (Å²) in [5.74, 6) is 0.283. The van der Waals surface area contributed by atoms with Crippen LogP contribution in [0.5, 0.6) is 5.75 Å². The van der Waals surface area contributed by atoms with Crippen LogP contribution < -0.4 is 15.6 Å². The Labute approximate surface area is 153 Å². The van der Waals surface area contributed by atoms with Gasteiger partial charge in [-0.25, -0.2) is 13.9 Å². The first-order chi connectivity index (χ1) is 13.2. The third-order valence-electron chi connectivity index (χ3n) is 4.05. The van der Waals surface area contributed by atoms with Crippen molar-refractivity contribution < 1.29 is 9.13 Å². The van der Waals surface area contributed by atoms with Gasteiger partial charge in [0, 0.05) is 11.8 Å². The maximum Gasteiger partial charge on any atom is 0.267 e. The molecule has 0 fully saturated rings. The zero-order valence-corrected chi connectivity index (χ0v) is 14.4. The number of halogens is 1. The van der Waals surface area contributed by atoms with Gasteiger partial charge >= 0.3 is 0 Å². The molecule has 4 rings (SSSR count). The highest BCUT2D eigenvalue weighted by molar-refractivity contribution is 5.80. The molecule has 0 unspecified atom stereocenters. The fraction of sp³-hybridized carbons (Fsp3) is 0.0500. The van der Waals surface area contributed by atoms with E-state index in [2.05, 4.69) is 15.3 Å². The maximum absolute atomic E-state index is 13.7. The molecular weight excluding hydrogens is 347 g/mol. The molecule has 0 amide bonds. The van der Waals surface area contributed by atoms with E-state index in [9.17, 15) is 9.18 Å². The molecule has 2 heterocycles. The molecule has 2 aromatic heterocycles. The summed E-state index contributed by atoms with van der Waals surface area (Å²) in [4.78, 5) is 21.8. The predicted molar refractivity (Wildman–Crippen MR) is 101 cm³/mol. The molecule has 6 nitrogen and oxygen atoms in total. The van der Waals surface area contributed by atoms with Crippen molar-refractivity contribution in [2.45, 2.75) is 0 Å². The van der Waals surface area contributed by atoms with Gasteiger partial charge in [0.1, 0.15) is 11.6 Å². The van der Waals surface area contributed by atoms with E-state index in [1.54, 1.807) is 6.07 Å². The van der Waals surface area contributed by atoms with E-state index in [0.29, 0.717) is 22.9 Å². The second kappa shape index (κ2) is 6.87. The molecule has 0 saturated carbocycles. The van der Waals surface area contributed by atoms with E-state index in [1.165, 1.54) is 42.3 Å². The van der Waals surface area contributed by atoms with Crippen molar-refractivity contribution in [3.8, 4) is 11.4 Å². The standard InChI is InChI=1S/C20H15FN4O2/c1-27-16-10-15(11-22-12-16)25-19(26)17-9-13(21)7-8-18(17)24-20(25)23-14-5-3-2-4-6-14/h2-12H,1H3,(H,23,24). The lowest BCUT2D eigenvalue weighted by Gasteiger charge is -2.15. The molecular formula is C20H15FN4O2. The summed E-state index contributed by atoms with van der Waals surface area (Å²) >= 11 is 0. The Morgan fingerprint density at radius 1 is 1.07 bits per heavy atom. The second-order valence-corrected chi connectivity index (χ2v) is 5.81. The van der Waals surface area contributed by atoms with Crippen LogP contribution in [0.15, 0.2) is 71.8 Å². The van der Waals surface area contributed by atoms with Crippen LogP contribution in [0.3, 0.4) is 0 Å². The van der Waals surface area contributed by atoms with E-state index in [-0.39, 0.29) is 5.39 Å². The fourth-order valence-corrected chi connectivity index (χ4v) is 2.77. The number of para-hydroxylation sites is 1. The monoisotopic (exact) mass is 362 g/mol. The van der Waals surface area contributed by atoms with Gasteiger partial charge in [-0.3, -0.25) is 9.78 Å². The Bertz CT molecular complexity index is 1180. The van der Waals surface area contributed by atoms with Crippen molar-refractivity contribution in [3.05, 3.63) is 83.2 Å². The van der Waals surface area contributed by atoms with Crippen LogP contribution in [0.2, 0.25) is 0 Å². The maximum atomic E-state index is 13.7. The van der Waals surface area contributed by atoms with Crippen molar-refractivity contribution in [2.24, 2.45) is 0 Å². The number of nitrogens with one attached hydrogen (secondary N) is 1. The van der Waals surface area contributed by atoms with Crippen LogP contribution in [0.4, 0.5) is 16.0 Å². The Kier molecular flexibility index (Phi) is 4.25. The number of benzene rings is 2. The minimum absolute atomic E-state index is 0.177. The molecule has 0 aliphatic heterocycles. The molecule has 0 radical (unpaired) electrons. The zero-order chi connectivity index (χ0) is 18.8. The lowest BCUT2D eigenvalue weighted by atomic mass is 10.2. The van der Waals surface area contributed by atoms with E-state index >= 15 is 0 Å². The Hall–Kier alpha value is -3.74. The van der Waals surface area contributed by atoms with Gasteiger partial charge in [-0.2, -0.15) is 0 Å². The first-order valence-corrected chi connectivity index (χ1v) is 8.19. The van der Waals surface area contributed by atoms with Gasteiger partial charge in [0.05, 0.1) is 36.1 Å². The van der Waals surface area contributed by atoms with Crippen molar-refractivity contribution in [1.82, 2.24) is 14.5 Å². The number of rotatable bonds is 4. The second-order valence-electron chi connectivity index (χ2n) is 5.81. The number of nitrogens with zero attached hydrogens (tertiary/aromatic N) is 3. The minimum atomic E-state index is -0.500. The Morgan fingerprint density at radius 2 is 1.89 bits per heavy atom. The van der Waals surface area contributed by atoms with E-state index in [1.807, 2.05) is 30.3 Å². The summed E-state index contributed by atoms with van der Waals surface area (Å²) in [6.45, 7) is 0. The van der Waals surface area contributed by atoms with Gasteiger partial charge < -0.3 is 10.1 Å². The smallest absolute Gasteiger partial charge is 0.267 e. The number of aromatic nitrogens is 3. The normalized spacial score (nSPS) is 10.7. The van der Waals surface area contributed by atoms with Crippen LogP contribution in [0.25, 0.3) is 16.6 Å². The largest absolute Gasteiger partial charge is 0.495 e. The van der Waals surface area contributed by atoms with Gasteiger partial charge in [0.2, 0.25) is 5.95 Å². The van der Waals surface area contributed by atoms with Crippen LogP contribution in [0.1, 0.15) is 0 Å². The molecule has 1 N–H and O–H groups in total. The quantitative estimate of drug-likeness (QED) is 0.600. The van der Waals surface area contributed by atoms with E-state index < -0.39 is 11.4 Å². The first-order valence-electron chi connectivity index (χ1n) is 8.19. The molecule has 0 aliphatic carbocycles. The highest BCUT2D eigenvalue weighted by Gasteiger charge is 2.15. The molecule has 0 atom stereocenters. The van der Waals surface area contributed by atoms with Gasteiger partial charge in [-0.15, -0.1) is 0 Å². The third-order valence-corrected chi connectivity index (χ3v) is 4.05. The van der Waals surface area contributed by atoms with Crippen LogP contribution in [0, 0.1) is 5.82 Å². The summed E-state index contributed by atoms with van der Waals surface area (Å²) in [5, 5.41) is 3.32.